The molecule has 2 aromatic carbocycles. The molecule has 0 aliphatic heterocycles. The minimum absolute atomic E-state index is 0.0933. The zero-order chi connectivity index (χ0) is 21.9. The molecule has 0 spiro atoms. The molecule has 0 saturated heterocycles. The van der Waals surface area contributed by atoms with Gasteiger partial charge >= 0.3 is 0 Å². The third-order valence-electron chi connectivity index (χ3n) is 4.57. The molecular weight excluding hydrogens is 474 g/mol. The Morgan fingerprint density at radius 1 is 1.23 bits per heavy atom. The molecule has 158 valence electrons. The van der Waals surface area contributed by atoms with E-state index in [-0.39, 0.29) is 29.4 Å². The average molecular weight is 494 g/mol. The largest absolute Gasteiger partial charge is 0.361 e. The van der Waals surface area contributed by atoms with E-state index in [9.17, 15) is 18.5 Å². The Balaban J connectivity index is 1.90. The van der Waals surface area contributed by atoms with Gasteiger partial charge in [-0.15, -0.1) is 0 Å². The number of nitrogens with zero attached hydrogens (tertiary/aromatic N) is 3. The molecule has 0 radical (unpaired) electrons. The van der Waals surface area contributed by atoms with E-state index in [1.54, 1.807) is 20.0 Å². The number of aromatic nitrogens is 1. The zero-order valence-electron chi connectivity index (χ0n) is 16.3. The molecule has 0 amide bonds. The van der Waals surface area contributed by atoms with E-state index < -0.39 is 14.9 Å². The van der Waals surface area contributed by atoms with Crippen molar-refractivity contribution in [1.29, 1.82) is 0 Å². The van der Waals surface area contributed by atoms with Gasteiger partial charge in [0.25, 0.3) is 5.69 Å². The van der Waals surface area contributed by atoms with E-state index in [1.165, 1.54) is 22.7 Å². The summed E-state index contributed by atoms with van der Waals surface area (Å²) in [5, 5.41) is 16.5. The van der Waals surface area contributed by atoms with Gasteiger partial charge in [-0.3, -0.25) is 15.5 Å². The number of benzene rings is 2. The maximum Gasteiger partial charge on any atom is 0.295 e. The van der Waals surface area contributed by atoms with Gasteiger partial charge in [-0.2, -0.15) is 9.41 Å². The highest BCUT2D eigenvalue weighted by molar-refractivity contribution is 9.10. The first kappa shape index (κ1) is 21.9. The molecule has 2 N–H and O–H groups in total. The number of H-pyrrole nitrogens is 1. The van der Waals surface area contributed by atoms with Gasteiger partial charge in [0, 0.05) is 46.3 Å². The molecule has 3 rings (SSSR count). The Hall–Kier alpha value is -2.76. The standard InChI is InChI=1S/C19H20BrN5O4S/c1-3-24(4-2)30(28,29)15-6-8-18(19(10-15)25(26)27)23-22-12-13-11-21-17-7-5-14(20)9-16(13)17/h5-12,21,23H,3-4H2,1-2H3/b22-12+. The average Bonchev–Trinajstić information content (AvgIpc) is 3.10. The minimum Gasteiger partial charge on any atom is -0.361 e. The van der Waals surface area contributed by atoms with Crippen molar-refractivity contribution in [2.75, 3.05) is 18.5 Å². The summed E-state index contributed by atoms with van der Waals surface area (Å²) in [5.74, 6) is 0. The molecule has 0 aliphatic rings. The van der Waals surface area contributed by atoms with Crippen LogP contribution in [0.5, 0.6) is 0 Å². The lowest BCUT2D eigenvalue weighted by Crippen LogP contribution is -2.30. The van der Waals surface area contributed by atoms with E-state index in [0.717, 1.165) is 27.0 Å². The fourth-order valence-corrected chi connectivity index (χ4v) is 4.86. The van der Waals surface area contributed by atoms with Crippen LogP contribution in [0.2, 0.25) is 0 Å². The first-order valence-electron chi connectivity index (χ1n) is 9.12. The lowest BCUT2D eigenvalue weighted by atomic mass is 10.2. The summed E-state index contributed by atoms with van der Waals surface area (Å²) in [6.45, 7) is 3.97. The van der Waals surface area contributed by atoms with Crippen LogP contribution in [0.4, 0.5) is 11.4 Å². The Morgan fingerprint density at radius 3 is 2.63 bits per heavy atom. The molecule has 30 heavy (non-hydrogen) atoms. The number of rotatable bonds is 8. The molecule has 0 saturated carbocycles. The quantitative estimate of drug-likeness (QED) is 0.275. The number of hydrazone groups is 1. The third kappa shape index (κ3) is 4.37. The topological polar surface area (TPSA) is 121 Å². The molecule has 0 aliphatic carbocycles. The normalized spacial score (nSPS) is 12.1. The molecule has 1 heterocycles. The van der Waals surface area contributed by atoms with E-state index >= 15 is 0 Å². The van der Waals surface area contributed by atoms with Crippen LogP contribution in [0.3, 0.4) is 0 Å². The smallest absolute Gasteiger partial charge is 0.295 e. The molecule has 9 nitrogen and oxygen atoms in total. The van der Waals surface area contributed by atoms with E-state index in [1.807, 2.05) is 18.2 Å². The summed E-state index contributed by atoms with van der Waals surface area (Å²) < 4.78 is 27.5. The van der Waals surface area contributed by atoms with E-state index in [2.05, 4.69) is 31.4 Å². The number of nitro benzene ring substituents is 1. The first-order chi connectivity index (χ1) is 14.3. The zero-order valence-corrected chi connectivity index (χ0v) is 18.7. The molecule has 0 atom stereocenters. The maximum atomic E-state index is 12.6. The second-order valence-corrected chi connectivity index (χ2v) is 9.18. The van der Waals surface area contributed by atoms with Crippen LogP contribution in [0.1, 0.15) is 19.4 Å². The number of sulfonamides is 1. The predicted molar refractivity (Wildman–Crippen MR) is 120 cm³/mol. The molecule has 0 bridgehead atoms. The molecule has 11 heteroatoms. The van der Waals surface area contributed by atoms with Crippen LogP contribution in [0.25, 0.3) is 10.9 Å². The minimum atomic E-state index is -3.80. The lowest BCUT2D eigenvalue weighted by molar-refractivity contribution is -0.384. The highest BCUT2D eigenvalue weighted by Crippen LogP contribution is 2.29. The second kappa shape index (κ2) is 8.94. The second-order valence-electron chi connectivity index (χ2n) is 6.33. The summed E-state index contributed by atoms with van der Waals surface area (Å²) >= 11 is 3.42. The Labute approximate surface area is 182 Å². The van der Waals surface area contributed by atoms with Crippen molar-refractivity contribution >= 4 is 54.4 Å². The van der Waals surface area contributed by atoms with Gasteiger partial charge in [-0.25, -0.2) is 8.42 Å². The number of nitro groups is 1. The first-order valence-corrected chi connectivity index (χ1v) is 11.4. The highest BCUT2D eigenvalue weighted by atomic mass is 79.9. The van der Waals surface area contributed by atoms with Crippen molar-refractivity contribution in [3.8, 4) is 0 Å². The van der Waals surface area contributed by atoms with E-state index in [0.29, 0.717) is 0 Å². The van der Waals surface area contributed by atoms with Gasteiger partial charge in [-0.1, -0.05) is 29.8 Å². The lowest BCUT2D eigenvalue weighted by Gasteiger charge is -2.18. The van der Waals surface area contributed by atoms with Crippen molar-refractivity contribution in [2.45, 2.75) is 18.7 Å². The van der Waals surface area contributed by atoms with Crippen LogP contribution in [-0.4, -0.2) is 41.9 Å². The van der Waals surface area contributed by atoms with Crippen LogP contribution in [0.15, 0.2) is 57.1 Å². The SMILES string of the molecule is CCN(CC)S(=O)(=O)c1ccc(N/N=C/c2c[nH]c3ccc(Br)cc23)c([N+](=O)[O-])c1. The summed E-state index contributed by atoms with van der Waals surface area (Å²) in [6.07, 6.45) is 3.31. The van der Waals surface area contributed by atoms with Crippen molar-refractivity contribution in [3.63, 3.8) is 0 Å². The van der Waals surface area contributed by atoms with Crippen LogP contribution < -0.4 is 5.43 Å². The predicted octanol–water partition coefficient (Wildman–Crippen LogP) is 4.32. The molecule has 0 fully saturated rings. The van der Waals surface area contributed by atoms with E-state index in [4.69, 9.17) is 0 Å². The van der Waals surface area contributed by atoms with Crippen molar-refractivity contribution in [3.05, 3.63) is 62.7 Å². The van der Waals surface area contributed by atoms with Crippen molar-refractivity contribution in [2.24, 2.45) is 5.10 Å². The van der Waals surface area contributed by atoms with Gasteiger partial charge < -0.3 is 4.98 Å². The van der Waals surface area contributed by atoms with Crippen LogP contribution in [-0.2, 0) is 10.0 Å². The van der Waals surface area contributed by atoms with Gasteiger partial charge in [0.2, 0.25) is 10.0 Å². The maximum absolute atomic E-state index is 12.6. The van der Waals surface area contributed by atoms with Crippen LogP contribution >= 0.6 is 15.9 Å². The number of hydrogen-bond donors (Lipinski definition) is 2. The monoisotopic (exact) mass is 493 g/mol. The van der Waals surface area contributed by atoms with Gasteiger partial charge in [0.15, 0.2) is 0 Å². The molecule has 3 aromatic rings. The number of hydrogen-bond acceptors (Lipinski definition) is 6. The van der Waals surface area contributed by atoms with Crippen LogP contribution in [0, 0.1) is 10.1 Å². The molecule has 0 unspecified atom stereocenters. The Morgan fingerprint density at radius 2 is 1.97 bits per heavy atom. The van der Waals surface area contributed by atoms with Crippen molar-refractivity contribution < 1.29 is 13.3 Å². The Bertz CT molecular complexity index is 1220. The number of halogens is 1. The summed E-state index contributed by atoms with van der Waals surface area (Å²) in [5.41, 5.74) is 4.08. The van der Waals surface area contributed by atoms with Gasteiger partial charge in [0.05, 0.1) is 16.0 Å². The number of aromatic amines is 1. The number of nitrogens with one attached hydrogen (secondary N) is 2. The van der Waals surface area contributed by atoms with Crippen molar-refractivity contribution in [1.82, 2.24) is 9.29 Å². The fraction of sp³-hybridized carbons (Fsp3) is 0.211. The molecule has 1 aromatic heterocycles. The third-order valence-corrected chi connectivity index (χ3v) is 7.11. The van der Waals surface area contributed by atoms with Gasteiger partial charge in [0.1, 0.15) is 5.69 Å². The van der Waals surface area contributed by atoms with Gasteiger partial charge in [-0.05, 0) is 30.3 Å². The summed E-state index contributed by atoms with van der Waals surface area (Å²) in [4.78, 5) is 13.9. The summed E-state index contributed by atoms with van der Waals surface area (Å²) in [7, 11) is -3.80. The highest BCUT2D eigenvalue weighted by Gasteiger charge is 2.25. The number of anilines is 1. The fourth-order valence-electron chi connectivity index (χ4n) is 3.02. The summed E-state index contributed by atoms with van der Waals surface area (Å²) in [6, 6.07) is 9.50. The molecular formula is C19H20BrN5O4S. The Kier molecular flexibility index (Phi) is 6.54. The number of fused-ring (bicyclic) bond motifs is 1.